The van der Waals surface area contributed by atoms with Crippen LogP contribution in [0.5, 0.6) is 0 Å². The first kappa shape index (κ1) is 21.5. The molecule has 1 unspecified atom stereocenters. The minimum atomic E-state index is -0.180. The number of likely N-dealkylation sites (N-methyl/N-ethyl adjacent to an activating group) is 1. The molecule has 2 aliphatic heterocycles. The molecule has 1 N–H and O–H groups in total. The Hall–Kier alpha value is -3.32. The minimum absolute atomic E-state index is 0.0504. The van der Waals surface area contributed by atoms with E-state index in [1.807, 2.05) is 49.3 Å². The summed E-state index contributed by atoms with van der Waals surface area (Å²) in [5.74, 6) is 0.132. The van der Waals surface area contributed by atoms with Crippen molar-refractivity contribution in [1.82, 2.24) is 19.7 Å². The lowest BCUT2D eigenvalue weighted by Crippen LogP contribution is -2.51. The van der Waals surface area contributed by atoms with E-state index in [1.54, 1.807) is 0 Å². The fourth-order valence-corrected chi connectivity index (χ4v) is 5.27. The average Bonchev–Trinajstić information content (AvgIpc) is 3.14. The van der Waals surface area contributed by atoms with Crippen LogP contribution in [0.15, 0.2) is 48.5 Å². The molecule has 2 aromatic carbocycles. The molecule has 0 aliphatic carbocycles. The Bertz CT molecular complexity index is 1210. The lowest BCUT2D eigenvalue weighted by Gasteiger charge is -2.46. The van der Waals surface area contributed by atoms with Crippen molar-refractivity contribution in [3.63, 3.8) is 0 Å². The fourth-order valence-electron chi connectivity index (χ4n) is 5.27. The largest absolute Gasteiger partial charge is 0.355 e. The van der Waals surface area contributed by atoms with Gasteiger partial charge in [-0.05, 0) is 44.3 Å². The van der Waals surface area contributed by atoms with Crippen molar-refractivity contribution in [1.29, 1.82) is 0 Å². The van der Waals surface area contributed by atoms with E-state index in [0.717, 1.165) is 35.4 Å². The number of carbonyl (C=O) groups is 2. The lowest BCUT2D eigenvalue weighted by molar-refractivity contribution is -0.121. The summed E-state index contributed by atoms with van der Waals surface area (Å²) in [5.41, 5.74) is 5.26. The number of carbonyl (C=O) groups excluding carboxylic acids is 2. The van der Waals surface area contributed by atoms with Crippen LogP contribution in [-0.4, -0.2) is 67.0 Å². The second kappa shape index (κ2) is 8.56. The van der Waals surface area contributed by atoms with Gasteiger partial charge in [0, 0.05) is 50.6 Å². The van der Waals surface area contributed by atoms with Gasteiger partial charge in [-0.25, -0.2) is 0 Å². The summed E-state index contributed by atoms with van der Waals surface area (Å²) < 4.78 is 2.27. The summed E-state index contributed by atoms with van der Waals surface area (Å²) in [7, 11) is 6.06. The Morgan fingerprint density at radius 3 is 2.70 bits per heavy atom. The number of amides is 2. The number of para-hydroxylation sites is 2. The third-order valence-electron chi connectivity index (χ3n) is 6.85. The highest BCUT2D eigenvalue weighted by molar-refractivity contribution is 6.02. The Kier molecular flexibility index (Phi) is 5.58. The van der Waals surface area contributed by atoms with Gasteiger partial charge >= 0.3 is 0 Å². The monoisotopic (exact) mass is 445 g/mol. The number of hydrogen-bond acceptors (Lipinski definition) is 4. The third kappa shape index (κ3) is 3.66. The maximum atomic E-state index is 13.4. The van der Waals surface area contributed by atoms with Crippen LogP contribution in [0.3, 0.4) is 0 Å². The van der Waals surface area contributed by atoms with Crippen molar-refractivity contribution < 1.29 is 9.59 Å². The molecule has 0 spiro atoms. The molecule has 2 amide bonds. The van der Waals surface area contributed by atoms with Gasteiger partial charge in [-0.2, -0.15) is 0 Å². The molecule has 1 aromatic heterocycles. The number of anilines is 1. The highest BCUT2D eigenvalue weighted by Gasteiger charge is 2.42. The predicted molar refractivity (Wildman–Crippen MR) is 130 cm³/mol. The molecule has 0 fully saturated rings. The number of benzene rings is 2. The molecule has 1 atom stereocenters. The van der Waals surface area contributed by atoms with Crippen LogP contribution in [0.1, 0.15) is 34.2 Å². The summed E-state index contributed by atoms with van der Waals surface area (Å²) in [4.78, 5) is 32.2. The molecule has 0 saturated carbocycles. The zero-order valence-corrected chi connectivity index (χ0v) is 19.5. The number of aryl methyl sites for hydroxylation is 1. The van der Waals surface area contributed by atoms with E-state index in [0.29, 0.717) is 26.1 Å². The number of aromatic nitrogens is 1. The molecule has 7 heteroatoms. The van der Waals surface area contributed by atoms with Crippen molar-refractivity contribution in [2.45, 2.75) is 25.6 Å². The predicted octanol–water partition coefficient (Wildman–Crippen LogP) is 2.86. The Morgan fingerprint density at radius 2 is 1.88 bits per heavy atom. The molecular weight excluding hydrogens is 414 g/mol. The molecule has 0 saturated heterocycles. The zero-order valence-electron chi connectivity index (χ0n) is 19.5. The van der Waals surface area contributed by atoms with Crippen LogP contribution in [-0.2, 0) is 17.8 Å². The van der Waals surface area contributed by atoms with Crippen molar-refractivity contribution >= 4 is 28.4 Å². The Balaban J connectivity index is 1.52. The van der Waals surface area contributed by atoms with Crippen LogP contribution >= 0.6 is 0 Å². The van der Waals surface area contributed by atoms with E-state index in [4.69, 9.17) is 0 Å². The van der Waals surface area contributed by atoms with E-state index in [2.05, 4.69) is 44.9 Å². The average molecular weight is 446 g/mol. The summed E-state index contributed by atoms with van der Waals surface area (Å²) in [6, 6.07) is 16.2. The molecule has 3 heterocycles. The number of nitrogens with zero attached hydrogens (tertiary/aromatic N) is 4. The van der Waals surface area contributed by atoms with Gasteiger partial charge in [-0.15, -0.1) is 0 Å². The second-order valence-electron chi connectivity index (χ2n) is 9.19. The van der Waals surface area contributed by atoms with Crippen LogP contribution in [0, 0.1) is 0 Å². The van der Waals surface area contributed by atoms with Crippen molar-refractivity contribution in [2.24, 2.45) is 0 Å². The van der Waals surface area contributed by atoms with Gasteiger partial charge in [0.25, 0.3) is 5.91 Å². The first-order chi connectivity index (χ1) is 16.0. The van der Waals surface area contributed by atoms with E-state index in [9.17, 15) is 9.59 Å². The highest BCUT2D eigenvalue weighted by atomic mass is 16.2. The third-order valence-corrected chi connectivity index (χ3v) is 6.85. The molecule has 172 valence electrons. The SMILES string of the molecule is CN(C)CCNC(=O)CCn1c2c(c3ccccc31)CCN1C(=O)c3ccccc3N(C)C21. The van der Waals surface area contributed by atoms with Crippen LogP contribution in [0.4, 0.5) is 5.69 Å². The van der Waals surface area contributed by atoms with Crippen molar-refractivity contribution in [3.8, 4) is 0 Å². The maximum Gasteiger partial charge on any atom is 0.257 e. The Labute approximate surface area is 194 Å². The molecule has 7 nitrogen and oxygen atoms in total. The maximum absolute atomic E-state index is 13.4. The topological polar surface area (TPSA) is 60.8 Å². The molecule has 33 heavy (non-hydrogen) atoms. The number of hydrogen-bond donors (Lipinski definition) is 1. The summed E-state index contributed by atoms with van der Waals surface area (Å²) in [6.45, 7) is 2.73. The van der Waals surface area contributed by atoms with Crippen LogP contribution in [0.25, 0.3) is 10.9 Å². The van der Waals surface area contributed by atoms with Gasteiger partial charge in [0.2, 0.25) is 5.91 Å². The smallest absolute Gasteiger partial charge is 0.257 e. The first-order valence-electron chi connectivity index (χ1n) is 11.6. The second-order valence-corrected chi connectivity index (χ2v) is 9.19. The van der Waals surface area contributed by atoms with E-state index in [-0.39, 0.29) is 18.0 Å². The quantitative estimate of drug-likeness (QED) is 0.634. The fraction of sp³-hybridized carbons (Fsp3) is 0.385. The van der Waals surface area contributed by atoms with E-state index >= 15 is 0 Å². The molecule has 0 radical (unpaired) electrons. The van der Waals surface area contributed by atoms with Crippen molar-refractivity contribution in [2.75, 3.05) is 45.7 Å². The Morgan fingerprint density at radius 1 is 1.12 bits per heavy atom. The summed E-state index contributed by atoms with van der Waals surface area (Å²) >= 11 is 0. The number of rotatable bonds is 6. The van der Waals surface area contributed by atoms with E-state index in [1.165, 1.54) is 10.9 Å². The lowest BCUT2D eigenvalue weighted by atomic mass is 9.96. The van der Waals surface area contributed by atoms with E-state index < -0.39 is 0 Å². The number of nitrogens with one attached hydrogen (secondary N) is 1. The summed E-state index contributed by atoms with van der Waals surface area (Å²) in [5, 5.41) is 4.24. The van der Waals surface area contributed by atoms with Gasteiger partial charge in [-0.1, -0.05) is 30.3 Å². The normalized spacial score (nSPS) is 17.2. The van der Waals surface area contributed by atoms with Gasteiger partial charge in [0.1, 0.15) is 6.17 Å². The zero-order chi connectivity index (χ0) is 23.1. The molecule has 2 aliphatic rings. The van der Waals surface area contributed by atoms with Crippen LogP contribution < -0.4 is 10.2 Å². The molecule has 3 aromatic rings. The molecule has 5 rings (SSSR count). The molecular formula is C26H31N5O2. The van der Waals surface area contributed by atoms with Crippen LogP contribution in [0.2, 0.25) is 0 Å². The van der Waals surface area contributed by atoms with Crippen molar-refractivity contribution in [3.05, 3.63) is 65.4 Å². The van der Waals surface area contributed by atoms with Gasteiger partial charge in [0.05, 0.1) is 16.9 Å². The van der Waals surface area contributed by atoms with Gasteiger partial charge in [0.15, 0.2) is 0 Å². The first-order valence-corrected chi connectivity index (χ1v) is 11.6. The highest BCUT2D eigenvalue weighted by Crippen LogP contribution is 2.44. The number of fused-ring (bicyclic) bond motifs is 6. The molecule has 0 bridgehead atoms. The van der Waals surface area contributed by atoms with Gasteiger partial charge < -0.3 is 24.6 Å². The summed E-state index contributed by atoms with van der Waals surface area (Å²) in [6.07, 6.45) is 1.04. The minimum Gasteiger partial charge on any atom is -0.355 e. The standard InChI is InChI=1S/C26H31N5O2/c1-28(2)17-14-27-23(32)13-16-30-22-11-7-4-8-18(22)19-12-15-31-25(24(19)30)29(3)21-10-6-5-9-20(21)26(31)33/h4-11,25H,12-17H2,1-3H3,(H,27,32). The van der Waals surface area contributed by atoms with Gasteiger partial charge in [-0.3, -0.25) is 9.59 Å².